The van der Waals surface area contributed by atoms with Crippen LogP contribution in [0.5, 0.6) is 0 Å². The lowest BCUT2D eigenvalue weighted by atomic mass is 9.83. The topological polar surface area (TPSA) is 26.0 Å². The molecule has 1 aromatic carbocycles. The second-order valence-corrected chi connectivity index (χ2v) is 5.67. The maximum atomic E-state index is 6.65. The first-order chi connectivity index (χ1) is 7.78. The minimum Gasteiger partial charge on any atom is -0.321 e. The summed E-state index contributed by atoms with van der Waals surface area (Å²) >= 11 is 0. The van der Waals surface area contributed by atoms with Crippen LogP contribution in [0.25, 0.3) is 0 Å². The van der Waals surface area contributed by atoms with Crippen LogP contribution in [0.3, 0.4) is 0 Å². The van der Waals surface area contributed by atoms with Gasteiger partial charge in [-0.3, -0.25) is 0 Å². The maximum Gasteiger partial charge on any atom is 0.0418 e. The molecule has 2 aliphatic carbocycles. The van der Waals surface area contributed by atoms with Crippen LogP contribution in [0, 0.1) is 5.92 Å². The Morgan fingerprint density at radius 1 is 1.19 bits per heavy atom. The van der Waals surface area contributed by atoms with E-state index >= 15 is 0 Å². The van der Waals surface area contributed by atoms with Gasteiger partial charge in [0.05, 0.1) is 0 Å². The number of rotatable bonds is 2. The Kier molecular flexibility index (Phi) is 2.51. The van der Waals surface area contributed by atoms with Gasteiger partial charge in [-0.15, -0.1) is 0 Å². The molecule has 1 unspecified atom stereocenters. The molecule has 0 spiro atoms. The van der Waals surface area contributed by atoms with Crippen LogP contribution in [0.15, 0.2) is 24.3 Å². The predicted octanol–water partition coefficient (Wildman–Crippen LogP) is 3.37. The number of nitrogens with two attached hydrogens (primary N) is 1. The van der Waals surface area contributed by atoms with Gasteiger partial charge in [0.25, 0.3) is 0 Å². The van der Waals surface area contributed by atoms with Crippen molar-refractivity contribution in [2.24, 2.45) is 11.7 Å². The van der Waals surface area contributed by atoms with Gasteiger partial charge in [0.1, 0.15) is 0 Å². The Morgan fingerprint density at radius 2 is 1.94 bits per heavy atom. The van der Waals surface area contributed by atoms with Gasteiger partial charge < -0.3 is 5.73 Å². The van der Waals surface area contributed by atoms with Gasteiger partial charge in [-0.1, -0.05) is 49.9 Å². The summed E-state index contributed by atoms with van der Waals surface area (Å²) in [5.74, 6) is 0.885. The zero-order chi connectivity index (χ0) is 11.0. The van der Waals surface area contributed by atoms with Crippen LogP contribution >= 0.6 is 0 Å². The second kappa shape index (κ2) is 3.89. The first kappa shape index (κ1) is 10.3. The van der Waals surface area contributed by atoms with Crippen LogP contribution in [0.2, 0.25) is 0 Å². The zero-order valence-electron chi connectivity index (χ0n) is 9.91. The summed E-state index contributed by atoms with van der Waals surface area (Å²) < 4.78 is 0. The molecule has 3 rings (SSSR count). The highest BCUT2D eigenvalue weighted by Gasteiger charge is 2.37. The van der Waals surface area contributed by atoms with Crippen molar-refractivity contribution in [3.05, 3.63) is 35.4 Å². The summed E-state index contributed by atoms with van der Waals surface area (Å²) in [7, 11) is 0. The Balaban J connectivity index is 1.83. The molecule has 0 aromatic heterocycles. The molecule has 1 saturated carbocycles. The second-order valence-electron chi connectivity index (χ2n) is 5.67. The quantitative estimate of drug-likeness (QED) is 0.804. The number of fused-ring (bicyclic) bond motifs is 1. The summed E-state index contributed by atoms with van der Waals surface area (Å²) in [6, 6.07) is 8.77. The van der Waals surface area contributed by atoms with Gasteiger partial charge in [-0.2, -0.15) is 0 Å². The molecule has 1 aromatic rings. The van der Waals surface area contributed by atoms with Gasteiger partial charge in [0.2, 0.25) is 0 Å². The van der Waals surface area contributed by atoms with Crippen LogP contribution in [-0.4, -0.2) is 0 Å². The SMILES string of the molecule is NC1(CC2CCCC2)CCc2ccccc21. The minimum atomic E-state index is -0.00833. The monoisotopic (exact) mass is 215 g/mol. The van der Waals surface area contributed by atoms with Gasteiger partial charge >= 0.3 is 0 Å². The fourth-order valence-corrected chi connectivity index (χ4v) is 3.66. The maximum absolute atomic E-state index is 6.65. The minimum absolute atomic E-state index is 0.00833. The molecule has 0 aliphatic heterocycles. The Bertz CT molecular complexity index is 379. The summed E-state index contributed by atoms with van der Waals surface area (Å²) in [5.41, 5.74) is 9.56. The molecule has 2 N–H and O–H groups in total. The molecule has 2 aliphatic rings. The Labute approximate surface area is 98.0 Å². The van der Waals surface area contributed by atoms with Crippen molar-refractivity contribution < 1.29 is 0 Å². The van der Waals surface area contributed by atoms with E-state index in [2.05, 4.69) is 24.3 Å². The summed E-state index contributed by atoms with van der Waals surface area (Å²) in [6.07, 6.45) is 9.19. The molecule has 1 fully saturated rings. The number of hydrogen-bond acceptors (Lipinski definition) is 1. The molecule has 86 valence electrons. The Hall–Kier alpha value is -0.820. The summed E-state index contributed by atoms with van der Waals surface area (Å²) in [6.45, 7) is 0. The van der Waals surface area contributed by atoms with Crippen LogP contribution < -0.4 is 5.73 Å². The average molecular weight is 215 g/mol. The van der Waals surface area contributed by atoms with Crippen molar-refractivity contribution in [2.75, 3.05) is 0 Å². The van der Waals surface area contributed by atoms with Gasteiger partial charge in [-0.25, -0.2) is 0 Å². The molecular weight excluding hydrogens is 194 g/mol. The molecule has 1 nitrogen and oxygen atoms in total. The Morgan fingerprint density at radius 3 is 2.75 bits per heavy atom. The first-order valence-electron chi connectivity index (χ1n) is 6.65. The van der Waals surface area contributed by atoms with Gasteiger partial charge in [-0.05, 0) is 36.3 Å². The third-order valence-corrected chi connectivity index (χ3v) is 4.52. The fourth-order valence-electron chi connectivity index (χ4n) is 3.66. The standard InChI is InChI=1S/C15H21N/c16-15(11-12-5-1-2-6-12)10-9-13-7-3-4-8-14(13)15/h3-4,7-8,12H,1-2,5-6,9-11,16H2. The van der Waals surface area contributed by atoms with E-state index in [1.54, 1.807) is 0 Å². The molecule has 0 amide bonds. The van der Waals surface area contributed by atoms with E-state index in [1.807, 2.05) is 0 Å². The highest BCUT2D eigenvalue weighted by molar-refractivity contribution is 5.38. The lowest BCUT2D eigenvalue weighted by molar-refractivity contribution is 0.323. The first-order valence-corrected chi connectivity index (χ1v) is 6.65. The van der Waals surface area contributed by atoms with Crippen molar-refractivity contribution in [1.82, 2.24) is 0 Å². The van der Waals surface area contributed by atoms with E-state index in [9.17, 15) is 0 Å². The lowest BCUT2D eigenvalue weighted by Crippen LogP contribution is -2.36. The van der Waals surface area contributed by atoms with Crippen LogP contribution in [0.1, 0.15) is 49.7 Å². The smallest absolute Gasteiger partial charge is 0.0418 e. The van der Waals surface area contributed by atoms with E-state index in [-0.39, 0.29) is 5.54 Å². The lowest BCUT2D eigenvalue weighted by Gasteiger charge is -2.28. The molecule has 0 radical (unpaired) electrons. The third-order valence-electron chi connectivity index (χ3n) is 4.52. The molecule has 0 saturated heterocycles. The summed E-state index contributed by atoms with van der Waals surface area (Å²) in [5, 5.41) is 0. The van der Waals surface area contributed by atoms with E-state index in [1.165, 1.54) is 49.7 Å². The van der Waals surface area contributed by atoms with E-state index in [4.69, 9.17) is 5.73 Å². The number of aryl methyl sites for hydroxylation is 1. The van der Waals surface area contributed by atoms with Crippen molar-refractivity contribution in [2.45, 2.75) is 50.5 Å². The predicted molar refractivity (Wildman–Crippen MR) is 67.2 cm³/mol. The molecular formula is C15H21N. The molecule has 1 atom stereocenters. The summed E-state index contributed by atoms with van der Waals surface area (Å²) in [4.78, 5) is 0. The normalized spacial score (nSPS) is 29.6. The molecule has 0 heterocycles. The van der Waals surface area contributed by atoms with Crippen LogP contribution in [0.4, 0.5) is 0 Å². The number of benzene rings is 1. The highest BCUT2D eigenvalue weighted by Crippen LogP contribution is 2.42. The van der Waals surface area contributed by atoms with Crippen molar-refractivity contribution in [3.63, 3.8) is 0 Å². The van der Waals surface area contributed by atoms with E-state index < -0.39 is 0 Å². The fraction of sp³-hybridized carbons (Fsp3) is 0.600. The largest absolute Gasteiger partial charge is 0.321 e. The highest BCUT2D eigenvalue weighted by atomic mass is 14.8. The third kappa shape index (κ3) is 1.67. The van der Waals surface area contributed by atoms with Gasteiger partial charge in [0, 0.05) is 5.54 Å². The average Bonchev–Trinajstić information content (AvgIpc) is 2.89. The van der Waals surface area contributed by atoms with Crippen molar-refractivity contribution in [3.8, 4) is 0 Å². The van der Waals surface area contributed by atoms with Crippen LogP contribution in [-0.2, 0) is 12.0 Å². The van der Waals surface area contributed by atoms with Crippen molar-refractivity contribution in [1.29, 1.82) is 0 Å². The van der Waals surface area contributed by atoms with Crippen molar-refractivity contribution >= 4 is 0 Å². The molecule has 1 heteroatoms. The molecule has 0 bridgehead atoms. The molecule has 16 heavy (non-hydrogen) atoms. The zero-order valence-corrected chi connectivity index (χ0v) is 9.91. The van der Waals surface area contributed by atoms with Gasteiger partial charge in [0.15, 0.2) is 0 Å². The number of hydrogen-bond donors (Lipinski definition) is 1. The van der Waals surface area contributed by atoms with E-state index in [0.717, 1.165) is 12.3 Å². The van der Waals surface area contributed by atoms with E-state index in [0.29, 0.717) is 0 Å².